The minimum Gasteiger partial charge on any atom is -0.366 e. The molecule has 0 aromatic carbocycles. The van der Waals surface area contributed by atoms with Gasteiger partial charge in [-0.2, -0.15) is 0 Å². The molecule has 6 nitrogen and oxygen atoms in total. The Kier molecular flexibility index (Phi) is 4.62. The molecule has 0 saturated carbocycles. The predicted octanol–water partition coefficient (Wildman–Crippen LogP) is 2.48. The lowest BCUT2D eigenvalue weighted by Crippen LogP contribution is -2.19. The third-order valence-corrected chi connectivity index (χ3v) is 4.39. The van der Waals surface area contributed by atoms with Crippen LogP contribution in [0.2, 0.25) is 0 Å². The molecule has 0 atom stereocenters. The van der Waals surface area contributed by atoms with Crippen LogP contribution in [0.5, 0.6) is 0 Å². The Hall–Kier alpha value is -1.80. The van der Waals surface area contributed by atoms with E-state index in [4.69, 9.17) is 11.5 Å². The Morgan fingerprint density at radius 2 is 1.18 bits per heavy atom. The maximum atomic E-state index is 11.9. The van der Waals surface area contributed by atoms with Crippen molar-refractivity contribution in [3.63, 3.8) is 0 Å². The molecule has 22 heavy (non-hydrogen) atoms. The average Bonchev–Trinajstić information content (AvgIpc) is 2.42. The van der Waals surface area contributed by atoms with Gasteiger partial charge in [0.1, 0.15) is 0 Å². The highest BCUT2D eigenvalue weighted by atomic mass is 79.9. The van der Waals surface area contributed by atoms with Gasteiger partial charge in [-0.3, -0.25) is 19.6 Å². The molecule has 0 saturated heterocycles. The first kappa shape index (κ1) is 16.6. The van der Waals surface area contributed by atoms with Crippen LogP contribution in [-0.4, -0.2) is 21.8 Å². The van der Waals surface area contributed by atoms with Crippen LogP contribution in [0.3, 0.4) is 0 Å². The van der Waals surface area contributed by atoms with Gasteiger partial charge >= 0.3 is 0 Å². The Morgan fingerprint density at radius 1 is 0.864 bits per heavy atom. The van der Waals surface area contributed by atoms with Crippen molar-refractivity contribution < 1.29 is 9.59 Å². The van der Waals surface area contributed by atoms with Crippen LogP contribution in [0.1, 0.15) is 32.1 Å². The normalized spacial score (nSPS) is 10.5. The molecule has 0 bridgehead atoms. The zero-order chi connectivity index (χ0) is 16.6. The Labute approximate surface area is 143 Å². The van der Waals surface area contributed by atoms with Gasteiger partial charge in [-0.1, -0.05) is 0 Å². The quantitative estimate of drug-likeness (QED) is 0.783. The monoisotopic (exact) mass is 426 g/mol. The molecule has 0 aliphatic heterocycles. The van der Waals surface area contributed by atoms with E-state index in [9.17, 15) is 9.59 Å². The van der Waals surface area contributed by atoms with Gasteiger partial charge in [-0.05, 0) is 45.7 Å². The summed E-state index contributed by atoms with van der Waals surface area (Å²) in [6.07, 6.45) is 3.09. The van der Waals surface area contributed by atoms with Crippen LogP contribution in [0, 0.1) is 13.8 Å². The molecule has 114 valence electrons. The van der Waals surface area contributed by atoms with Crippen molar-refractivity contribution in [1.29, 1.82) is 0 Å². The Morgan fingerprint density at radius 3 is 1.45 bits per heavy atom. The fourth-order valence-electron chi connectivity index (χ4n) is 2.26. The standard InChI is InChI=1S/C14H12Br2N4O2/c1-5-9(13(17)21)11(7(15)3-19-5)12-8(16)4-20-6(2)10(12)14(18)22/h3-4H,1-2H3,(H2,17,21)(H2,18,22). The van der Waals surface area contributed by atoms with Crippen molar-refractivity contribution in [3.05, 3.63) is 43.9 Å². The van der Waals surface area contributed by atoms with Crippen molar-refractivity contribution in [2.24, 2.45) is 11.5 Å². The molecule has 8 heteroatoms. The summed E-state index contributed by atoms with van der Waals surface area (Å²) in [5.41, 5.74) is 13.3. The zero-order valence-electron chi connectivity index (χ0n) is 11.8. The molecule has 0 radical (unpaired) electrons. The van der Waals surface area contributed by atoms with E-state index >= 15 is 0 Å². The van der Waals surface area contributed by atoms with Gasteiger partial charge in [0.2, 0.25) is 0 Å². The van der Waals surface area contributed by atoms with Gasteiger partial charge in [0.15, 0.2) is 0 Å². The molecule has 0 spiro atoms. The van der Waals surface area contributed by atoms with Gasteiger partial charge in [0.25, 0.3) is 11.8 Å². The van der Waals surface area contributed by atoms with E-state index in [1.54, 1.807) is 26.2 Å². The number of carbonyl (C=O) groups is 2. The number of nitrogens with two attached hydrogens (primary N) is 2. The Balaban J connectivity index is 3.01. The van der Waals surface area contributed by atoms with Crippen molar-refractivity contribution in [2.75, 3.05) is 0 Å². The van der Waals surface area contributed by atoms with E-state index in [0.717, 1.165) is 0 Å². The van der Waals surface area contributed by atoms with E-state index in [1.165, 1.54) is 0 Å². The van der Waals surface area contributed by atoms with E-state index in [2.05, 4.69) is 41.8 Å². The number of pyridine rings is 2. The second-order valence-corrected chi connectivity index (χ2v) is 6.32. The van der Waals surface area contributed by atoms with Crippen molar-refractivity contribution in [3.8, 4) is 11.1 Å². The van der Waals surface area contributed by atoms with E-state index in [1.807, 2.05) is 0 Å². The second-order valence-electron chi connectivity index (χ2n) is 4.61. The second kappa shape index (κ2) is 6.13. The summed E-state index contributed by atoms with van der Waals surface area (Å²) >= 11 is 6.73. The van der Waals surface area contributed by atoms with Gasteiger partial charge in [-0.25, -0.2) is 0 Å². The van der Waals surface area contributed by atoms with Crippen LogP contribution in [0.25, 0.3) is 11.1 Å². The first-order chi connectivity index (χ1) is 10.3. The number of hydrogen-bond acceptors (Lipinski definition) is 4. The molecule has 4 N–H and O–H groups in total. The minimum atomic E-state index is -0.641. The predicted molar refractivity (Wildman–Crippen MR) is 89.4 cm³/mol. The minimum absolute atomic E-state index is 0.225. The van der Waals surface area contributed by atoms with Gasteiger partial charge in [-0.15, -0.1) is 0 Å². The summed E-state index contributed by atoms with van der Waals surface area (Å²) in [6, 6.07) is 0. The number of halogens is 2. The number of hydrogen-bond donors (Lipinski definition) is 2. The fourth-order valence-corrected chi connectivity index (χ4v) is 3.26. The third kappa shape index (κ3) is 2.76. The summed E-state index contributed by atoms with van der Waals surface area (Å²) in [5.74, 6) is -1.28. The summed E-state index contributed by atoms with van der Waals surface area (Å²) in [4.78, 5) is 32.0. The number of aromatic nitrogens is 2. The molecule has 2 amide bonds. The highest BCUT2D eigenvalue weighted by molar-refractivity contribution is 9.11. The van der Waals surface area contributed by atoms with Crippen LogP contribution >= 0.6 is 31.9 Å². The van der Waals surface area contributed by atoms with Gasteiger partial charge in [0, 0.05) is 32.5 Å². The van der Waals surface area contributed by atoms with Crippen LogP contribution in [-0.2, 0) is 0 Å². The molecule has 0 fully saturated rings. The average molecular weight is 428 g/mol. The van der Waals surface area contributed by atoms with Gasteiger partial charge in [0.05, 0.1) is 22.5 Å². The number of rotatable bonds is 3. The van der Waals surface area contributed by atoms with Gasteiger partial charge < -0.3 is 11.5 Å². The first-order valence-corrected chi connectivity index (χ1v) is 7.74. The maximum absolute atomic E-state index is 11.9. The molecule has 2 rings (SSSR count). The summed E-state index contributed by atoms with van der Waals surface area (Å²) < 4.78 is 1.06. The van der Waals surface area contributed by atoms with Crippen molar-refractivity contribution in [1.82, 2.24) is 9.97 Å². The molecule has 2 aromatic rings. The van der Waals surface area contributed by atoms with Crippen molar-refractivity contribution in [2.45, 2.75) is 13.8 Å². The smallest absolute Gasteiger partial charge is 0.251 e. The lowest BCUT2D eigenvalue weighted by Gasteiger charge is -2.16. The lowest BCUT2D eigenvalue weighted by molar-refractivity contribution is 0.0989. The molecule has 0 aliphatic carbocycles. The molecule has 2 heterocycles. The number of nitrogens with zero attached hydrogens (tertiary/aromatic N) is 2. The van der Waals surface area contributed by atoms with E-state index < -0.39 is 11.8 Å². The van der Waals surface area contributed by atoms with E-state index in [0.29, 0.717) is 31.5 Å². The molecule has 0 unspecified atom stereocenters. The highest BCUT2D eigenvalue weighted by Crippen LogP contribution is 2.39. The van der Waals surface area contributed by atoms with E-state index in [-0.39, 0.29) is 11.1 Å². The molecule has 2 aromatic heterocycles. The third-order valence-electron chi connectivity index (χ3n) is 3.19. The van der Waals surface area contributed by atoms with Crippen LogP contribution in [0.4, 0.5) is 0 Å². The number of amides is 2. The summed E-state index contributed by atoms with van der Waals surface area (Å²) in [7, 11) is 0. The Bertz CT molecular complexity index is 738. The number of carbonyl (C=O) groups excluding carboxylic acids is 2. The highest BCUT2D eigenvalue weighted by Gasteiger charge is 2.25. The topological polar surface area (TPSA) is 112 Å². The molecular formula is C14H12Br2N4O2. The van der Waals surface area contributed by atoms with Crippen molar-refractivity contribution >= 4 is 43.7 Å². The summed E-state index contributed by atoms with van der Waals surface area (Å²) in [5, 5.41) is 0. The molecular weight excluding hydrogens is 416 g/mol. The number of primary amides is 2. The molecule has 0 aliphatic rings. The maximum Gasteiger partial charge on any atom is 0.251 e. The SMILES string of the molecule is Cc1ncc(Br)c(-c2c(Br)cnc(C)c2C(N)=O)c1C(N)=O. The number of aryl methyl sites for hydroxylation is 2. The lowest BCUT2D eigenvalue weighted by atomic mass is 9.94. The first-order valence-electron chi connectivity index (χ1n) is 6.15. The fraction of sp³-hybridized carbons (Fsp3) is 0.143. The zero-order valence-corrected chi connectivity index (χ0v) is 14.9. The van der Waals surface area contributed by atoms with Crippen LogP contribution in [0.15, 0.2) is 21.3 Å². The largest absolute Gasteiger partial charge is 0.366 e. The summed E-state index contributed by atoms with van der Waals surface area (Å²) in [6.45, 7) is 3.34. The van der Waals surface area contributed by atoms with Crippen LogP contribution < -0.4 is 11.5 Å².